The Balaban J connectivity index is 0.000000154. The number of nitrogens with zero attached hydrogens (tertiary/aromatic N) is 4. The number of aryl methyl sites for hydroxylation is 2. The first-order valence-electron chi connectivity index (χ1n) is 18.1. The van der Waals surface area contributed by atoms with E-state index in [0.717, 1.165) is 22.1 Å². The quantitative estimate of drug-likeness (QED) is 0.0930. The van der Waals surface area contributed by atoms with Crippen LogP contribution in [0.4, 0.5) is 10.3 Å². The predicted molar refractivity (Wildman–Crippen MR) is 206 cm³/mol. The third kappa shape index (κ3) is 11.3. The lowest BCUT2D eigenvalue weighted by atomic mass is 9.93. The van der Waals surface area contributed by atoms with Crippen molar-refractivity contribution in [3.63, 3.8) is 0 Å². The number of carbonyl (C=O) groups excluding carboxylic acids is 2. The van der Waals surface area contributed by atoms with Gasteiger partial charge in [0.1, 0.15) is 10.0 Å². The van der Waals surface area contributed by atoms with E-state index >= 15 is 0 Å². The number of aromatic nitrogens is 4. The number of anilines is 2. The lowest BCUT2D eigenvalue weighted by molar-refractivity contribution is -0.134. The number of carbonyl (C=O) groups is 4. The van der Waals surface area contributed by atoms with Crippen LogP contribution in [0, 0.1) is 13.8 Å². The van der Waals surface area contributed by atoms with Crippen molar-refractivity contribution in [1.29, 1.82) is 0 Å². The topological polar surface area (TPSA) is 208 Å². The summed E-state index contributed by atoms with van der Waals surface area (Å²) in [6.45, 7) is 3.74. The Kier molecular flexibility index (Phi) is 12.9. The van der Waals surface area contributed by atoms with Gasteiger partial charge in [-0.1, -0.05) is 59.8 Å². The molecule has 0 bridgehead atoms. The minimum absolute atomic E-state index is 0.118. The summed E-state index contributed by atoms with van der Waals surface area (Å²) in [4.78, 5) is 43.8. The van der Waals surface area contributed by atoms with Crippen molar-refractivity contribution in [2.75, 3.05) is 10.6 Å². The van der Waals surface area contributed by atoms with E-state index in [9.17, 15) is 19.2 Å². The zero-order chi connectivity index (χ0) is 38.2. The van der Waals surface area contributed by atoms with E-state index in [1.165, 1.54) is 85.2 Å². The second-order valence-corrected chi connectivity index (χ2v) is 16.3. The Morgan fingerprint density at radius 1 is 0.648 bits per heavy atom. The Morgan fingerprint density at radius 3 is 1.37 bits per heavy atom. The van der Waals surface area contributed by atoms with Gasteiger partial charge in [0.2, 0.25) is 10.3 Å². The van der Waals surface area contributed by atoms with E-state index in [0.29, 0.717) is 57.5 Å². The standard InChI is InChI=1S/2C17H20N4OS.C4H4O4/c2*1-10-20-21-17(23-10)19-16(22)12-5-2-4-11(8-12)14-9-15(14)18-13-6-3-7-13;5-3(6)1-2-4(7)8/h2*2,4-5,8,13-15,18H,3,6-7,9H2,1H3,(H,19,21,22);1-2H,(H,5,6)(H,7,8)/b;;2-1+/t2*14-,15+;/m11./s1. The number of benzene rings is 2. The third-order valence-corrected chi connectivity index (χ3v) is 11.2. The minimum atomic E-state index is -1.26. The van der Waals surface area contributed by atoms with Gasteiger partial charge in [0, 0.05) is 59.3 Å². The van der Waals surface area contributed by atoms with Crippen LogP contribution in [0.1, 0.15) is 105 Å². The molecule has 4 aliphatic carbocycles. The van der Waals surface area contributed by atoms with Crippen LogP contribution < -0.4 is 21.3 Å². The molecule has 2 aromatic heterocycles. The molecule has 4 aliphatic rings. The maximum Gasteiger partial charge on any atom is 0.328 e. The molecule has 4 fully saturated rings. The van der Waals surface area contributed by atoms with Crippen LogP contribution in [0.5, 0.6) is 0 Å². The van der Waals surface area contributed by atoms with Gasteiger partial charge in [-0.2, -0.15) is 0 Å². The molecule has 6 N–H and O–H groups in total. The van der Waals surface area contributed by atoms with Crippen LogP contribution in [0.25, 0.3) is 0 Å². The molecule has 2 heterocycles. The molecular weight excluding hydrogens is 729 g/mol. The van der Waals surface area contributed by atoms with Crippen LogP contribution in [-0.2, 0) is 9.59 Å². The smallest absolute Gasteiger partial charge is 0.328 e. The zero-order valence-corrected chi connectivity index (χ0v) is 31.7. The first-order chi connectivity index (χ1) is 26.0. The molecular formula is C38H44N8O6S2. The van der Waals surface area contributed by atoms with Crippen molar-refractivity contribution >= 4 is 56.7 Å². The number of hydrogen-bond donors (Lipinski definition) is 6. The monoisotopic (exact) mass is 772 g/mol. The van der Waals surface area contributed by atoms with Crippen LogP contribution in [0.2, 0.25) is 0 Å². The highest BCUT2D eigenvalue weighted by Crippen LogP contribution is 2.43. The molecule has 4 saturated carbocycles. The van der Waals surface area contributed by atoms with E-state index in [2.05, 4.69) is 53.8 Å². The first-order valence-corrected chi connectivity index (χ1v) is 19.7. The fourth-order valence-electron chi connectivity index (χ4n) is 6.25. The van der Waals surface area contributed by atoms with Crippen molar-refractivity contribution in [3.8, 4) is 0 Å². The fraction of sp³-hybridized carbons (Fsp3) is 0.421. The molecule has 4 aromatic rings. The van der Waals surface area contributed by atoms with Gasteiger partial charge < -0.3 is 20.8 Å². The molecule has 0 radical (unpaired) electrons. The minimum Gasteiger partial charge on any atom is -0.478 e. The first kappa shape index (κ1) is 38.8. The lowest BCUT2D eigenvalue weighted by Gasteiger charge is -2.26. The molecule has 0 saturated heterocycles. The number of nitrogens with one attached hydrogen (secondary N) is 4. The largest absolute Gasteiger partial charge is 0.478 e. The predicted octanol–water partition coefficient (Wildman–Crippen LogP) is 5.91. The SMILES string of the molecule is Cc1nnc(NC(=O)c2cccc([C@H]3C[C@@H]3NC3CCC3)c2)s1.Cc1nnc(NC(=O)c2cccc([C@H]3C[C@@H]3NC3CCC3)c2)s1.O=C(O)/C=C/C(=O)O. The molecule has 14 nitrogen and oxygen atoms in total. The van der Waals surface area contributed by atoms with Crippen LogP contribution >= 0.6 is 22.7 Å². The molecule has 0 aliphatic heterocycles. The molecule has 0 spiro atoms. The second kappa shape index (κ2) is 18.0. The van der Waals surface area contributed by atoms with Gasteiger partial charge in [-0.3, -0.25) is 20.2 Å². The van der Waals surface area contributed by atoms with Gasteiger partial charge in [-0.25, -0.2) is 9.59 Å². The Bertz CT molecular complexity index is 1850. The molecule has 0 unspecified atom stereocenters. The number of amides is 2. The van der Waals surface area contributed by atoms with Crippen LogP contribution in [0.15, 0.2) is 60.7 Å². The molecule has 54 heavy (non-hydrogen) atoms. The Labute approximate surface area is 320 Å². The average molecular weight is 773 g/mol. The van der Waals surface area contributed by atoms with Gasteiger partial charge in [0.25, 0.3) is 11.8 Å². The Hall–Kier alpha value is -4.90. The third-order valence-electron chi connectivity index (χ3n) is 9.71. The molecule has 2 amide bonds. The molecule has 2 aromatic carbocycles. The average Bonchev–Trinajstić information content (AvgIpc) is 3.99. The number of carboxylic acid groups (broad SMARTS) is 2. The highest BCUT2D eigenvalue weighted by atomic mass is 32.1. The molecule has 284 valence electrons. The fourth-order valence-corrected chi connectivity index (χ4v) is 7.42. The number of carboxylic acids is 2. The van der Waals surface area contributed by atoms with Crippen LogP contribution in [-0.4, -0.2) is 78.5 Å². The summed E-state index contributed by atoms with van der Waals surface area (Å²) >= 11 is 2.77. The van der Waals surface area contributed by atoms with Gasteiger partial charge in [-0.15, -0.1) is 20.4 Å². The van der Waals surface area contributed by atoms with Crippen molar-refractivity contribution in [3.05, 3.63) is 93.0 Å². The maximum atomic E-state index is 12.3. The van der Waals surface area contributed by atoms with Crippen LogP contribution in [0.3, 0.4) is 0 Å². The van der Waals surface area contributed by atoms with E-state index in [1.807, 2.05) is 50.2 Å². The van der Waals surface area contributed by atoms with Crippen molar-refractivity contribution < 1.29 is 29.4 Å². The summed E-state index contributed by atoms with van der Waals surface area (Å²) in [6.07, 6.45) is 11.4. The molecule has 4 atom stereocenters. The van der Waals surface area contributed by atoms with Crippen molar-refractivity contribution in [1.82, 2.24) is 31.0 Å². The second-order valence-electron chi connectivity index (χ2n) is 13.9. The lowest BCUT2D eigenvalue weighted by Crippen LogP contribution is -2.37. The van der Waals surface area contributed by atoms with E-state index < -0.39 is 11.9 Å². The summed E-state index contributed by atoms with van der Waals surface area (Å²) in [7, 11) is 0. The van der Waals surface area contributed by atoms with Gasteiger partial charge in [0.05, 0.1) is 0 Å². The van der Waals surface area contributed by atoms with Gasteiger partial charge >= 0.3 is 11.9 Å². The van der Waals surface area contributed by atoms with E-state index in [4.69, 9.17) is 10.2 Å². The normalized spacial score (nSPS) is 21.3. The van der Waals surface area contributed by atoms with E-state index in [1.54, 1.807) is 0 Å². The Morgan fingerprint density at radius 2 is 1.06 bits per heavy atom. The zero-order valence-electron chi connectivity index (χ0n) is 30.0. The summed E-state index contributed by atoms with van der Waals surface area (Å²) in [5, 5.41) is 47.2. The number of hydrogen-bond acceptors (Lipinski definition) is 12. The summed E-state index contributed by atoms with van der Waals surface area (Å²) in [6, 6.07) is 18.5. The van der Waals surface area contributed by atoms with Crippen molar-refractivity contribution in [2.45, 2.75) is 101 Å². The van der Waals surface area contributed by atoms with Gasteiger partial charge in [0.15, 0.2) is 0 Å². The van der Waals surface area contributed by atoms with Crippen molar-refractivity contribution in [2.24, 2.45) is 0 Å². The summed E-state index contributed by atoms with van der Waals surface area (Å²) in [5.41, 5.74) is 3.88. The number of rotatable bonds is 12. The highest BCUT2D eigenvalue weighted by molar-refractivity contribution is 7.15. The summed E-state index contributed by atoms with van der Waals surface area (Å²) in [5.74, 6) is -1.65. The highest BCUT2D eigenvalue weighted by Gasteiger charge is 2.41. The number of aliphatic carboxylic acids is 2. The maximum absolute atomic E-state index is 12.3. The van der Waals surface area contributed by atoms with Gasteiger partial charge in [-0.05, 0) is 87.8 Å². The van der Waals surface area contributed by atoms with E-state index in [-0.39, 0.29) is 11.8 Å². The molecule has 8 rings (SSSR count). The molecule has 16 heteroatoms. The summed E-state index contributed by atoms with van der Waals surface area (Å²) < 4.78 is 0.